The van der Waals surface area contributed by atoms with E-state index in [0.717, 1.165) is 6.54 Å². The number of nitrogens with zero attached hydrogens (tertiary/aromatic N) is 1. The molecular weight excluding hydrogens is 182 g/mol. The van der Waals surface area contributed by atoms with Crippen molar-refractivity contribution in [3.05, 3.63) is 0 Å². The van der Waals surface area contributed by atoms with Crippen LogP contribution in [0.5, 0.6) is 0 Å². The van der Waals surface area contributed by atoms with Gasteiger partial charge < -0.3 is 11.1 Å². The van der Waals surface area contributed by atoms with Crippen LogP contribution in [-0.2, 0) is 9.59 Å². The number of amides is 1. The fourth-order valence-corrected chi connectivity index (χ4v) is 1.87. The number of Topliss-reactive ketones (excluding diaryl/α,β-unsaturated/α-hetero) is 1. The molecule has 14 heavy (non-hydrogen) atoms. The number of hydrogen-bond acceptors (Lipinski definition) is 4. The Balaban J connectivity index is 2.46. The van der Waals surface area contributed by atoms with Gasteiger partial charge in [0.1, 0.15) is 5.78 Å². The summed E-state index contributed by atoms with van der Waals surface area (Å²) in [6, 6.07) is 0.00280. The highest BCUT2D eigenvalue weighted by Crippen LogP contribution is 2.16. The Morgan fingerprint density at radius 3 is 2.64 bits per heavy atom. The quantitative estimate of drug-likeness (QED) is 0.594. The topological polar surface area (TPSA) is 75.4 Å². The molecule has 1 heterocycles. The SMILES string of the molecule is CC(=O)[C@@H]1C[C@@H](NC(=O)CN)CN1C. The Labute approximate surface area is 83.6 Å². The zero-order chi connectivity index (χ0) is 10.7. The van der Waals surface area contributed by atoms with Crippen LogP contribution in [0.1, 0.15) is 13.3 Å². The molecule has 1 fully saturated rings. The number of carbonyl (C=O) groups is 2. The van der Waals surface area contributed by atoms with E-state index >= 15 is 0 Å². The van der Waals surface area contributed by atoms with Crippen molar-refractivity contribution in [1.82, 2.24) is 10.2 Å². The Bertz CT molecular complexity index is 242. The molecule has 1 aliphatic heterocycles. The van der Waals surface area contributed by atoms with Crippen molar-refractivity contribution in [2.45, 2.75) is 25.4 Å². The Morgan fingerprint density at radius 1 is 1.57 bits per heavy atom. The molecule has 80 valence electrons. The van der Waals surface area contributed by atoms with Crippen molar-refractivity contribution in [2.24, 2.45) is 5.73 Å². The molecule has 3 N–H and O–H groups in total. The molecular formula is C9H17N3O2. The Hall–Kier alpha value is -0.940. The average molecular weight is 199 g/mol. The molecule has 0 bridgehead atoms. The molecule has 0 unspecified atom stereocenters. The highest BCUT2D eigenvalue weighted by molar-refractivity contribution is 5.82. The summed E-state index contributed by atoms with van der Waals surface area (Å²) in [4.78, 5) is 24.2. The highest BCUT2D eigenvalue weighted by atomic mass is 16.2. The average Bonchev–Trinajstić information content (AvgIpc) is 2.46. The van der Waals surface area contributed by atoms with Crippen LogP contribution >= 0.6 is 0 Å². The van der Waals surface area contributed by atoms with Gasteiger partial charge >= 0.3 is 0 Å². The number of nitrogens with one attached hydrogen (secondary N) is 1. The van der Waals surface area contributed by atoms with E-state index in [0.29, 0.717) is 6.42 Å². The smallest absolute Gasteiger partial charge is 0.233 e. The molecule has 0 saturated carbocycles. The zero-order valence-corrected chi connectivity index (χ0v) is 8.62. The van der Waals surface area contributed by atoms with E-state index < -0.39 is 0 Å². The predicted octanol–water partition coefficient (Wildman–Crippen LogP) is -1.28. The van der Waals surface area contributed by atoms with Gasteiger partial charge in [-0.3, -0.25) is 14.5 Å². The number of carbonyl (C=O) groups excluding carboxylic acids is 2. The number of rotatable bonds is 3. The maximum absolute atomic E-state index is 11.2. The van der Waals surface area contributed by atoms with E-state index in [9.17, 15) is 9.59 Å². The minimum Gasteiger partial charge on any atom is -0.351 e. The molecule has 0 radical (unpaired) electrons. The molecule has 5 heteroatoms. The fourth-order valence-electron chi connectivity index (χ4n) is 1.87. The third-order valence-electron chi connectivity index (χ3n) is 2.57. The van der Waals surface area contributed by atoms with Gasteiger partial charge in [-0.05, 0) is 20.4 Å². The number of hydrogen-bond donors (Lipinski definition) is 2. The molecule has 1 aliphatic rings. The van der Waals surface area contributed by atoms with E-state index in [-0.39, 0.29) is 30.3 Å². The Kier molecular flexibility index (Phi) is 3.60. The molecule has 0 aromatic carbocycles. The molecule has 0 spiro atoms. The standard InChI is InChI=1S/C9H17N3O2/c1-6(13)8-3-7(5-12(8)2)11-9(14)4-10/h7-8H,3-5,10H2,1-2H3,(H,11,14)/t7-,8+/m1/s1. The molecule has 2 atom stereocenters. The van der Waals surface area contributed by atoms with Gasteiger partial charge in [0.15, 0.2) is 0 Å². The first-order valence-corrected chi connectivity index (χ1v) is 4.74. The van der Waals surface area contributed by atoms with Crippen LogP contribution in [0.25, 0.3) is 0 Å². The molecule has 1 rings (SSSR count). The number of ketones is 1. The molecule has 0 aromatic heterocycles. The highest BCUT2D eigenvalue weighted by Gasteiger charge is 2.32. The van der Waals surface area contributed by atoms with Gasteiger partial charge in [-0.2, -0.15) is 0 Å². The molecule has 1 saturated heterocycles. The minimum absolute atomic E-state index is 0.00491. The summed E-state index contributed by atoms with van der Waals surface area (Å²) in [5, 5.41) is 2.79. The van der Waals surface area contributed by atoms with Crippen LogP contribution in [0.2, 0.25) is 0 Å². The lowest BCUT2D eigenvalue weighted by Gasteiger charge is -2.14. The summed E-state index contributed by atoms with van der Waals surface area (Å²) in [7, 11) is 1.89. The van der Waals surface area contributed by atoms with Crippen molar-refractivity contribution in [3.63, 3.8) is 0 Å². The van der Waals surface area contributed by atoms with Crippen LogP contribution in [-0.4, -0.2) is 48.8 Å². The van der Waals surface area contributed by atoms with Crippen molar-refractivity contribution in [2.75, 3.05) is 20.1 Å². The van der Waals surface area contributed by atoms with Crippen LogP contribution in [0, 0.1) is 0 Å². The van der Waals surface area contributed by atoms with Crippen molar-refractivity contribution < 1.29 is 9.59 Å². The summed E-state index contributed by atoms with van der Waals surface area (Å²) in [6.07, 6.45) is 0.692. The van der Waals surface area contributed by atoms with E-state index in [1.165, 1.54) is 0 Å². The second-order valence-electron chi connectivity index (χ2n) is 3.77. The third kappa shape index (κ3) is 2.52. The molecule has 0 aliphatic carbocycles. The van der Waals surface area contributed by atoms with Crippen molar-refractivity contribution >= 4 is 11.7 Å². The first kappa shape index (κ1) is 11.1. The second kappa shape index (κ2) is 4.52. The molecule has 5 nitrogen and oxygen atoms in total. The van der Waals surface area contributed by atoms with Crippen molar-refractivity contribution in [3.8, 4) is 0 Å². The van der Waals surface area contributed by atoms with E-state index in [1.54, 1.807) is 6.92 Å². The maximum atomic E-state index is 11.2. The number of likely N-dealkylation sites (N-methyl/N-ethyl adjacent to an activating group) is 1. The summed E-state index contributed by atoms with van der Waals surface area (Å²) in [5.74, 6) is -0.00963. The minimum atomic E-state index is -0.160. The predicted molar refractivity (Wildman–Crippen MR) is 52.7 cm³/mol. The first-order chi connectivity index (χ1) is 6.54. The van der Waals surface area contributed by atoms with Gasteiger partial charge in [-0.25, -0.2) is 0 Å². The van der Waals surface area contributed by atoms with Gasteiger partial charge in [0, 0.05) is 12.6 Å². The normalized spacial score (nSPS) is 27.6. The summed E-state index contributed by atoms with van der Waals surface area (Å²) in [6.45, 7) is 2.30. The van der Waals surface area contributed by atoms with E-state index in [2.05, 4.69) is 5.32 Å². The second-order valence-corrected chi connectivity index (χ2v) is 3.77. The van der Waals surface area contributed by atoms with Crippen molar-refractivity contribution in [1.29, 1.82) is 0 Å². The zero-order valence-electron chi connectivity index (χ0n) is 8.62. The van der Waals surface area contributed by atoms with Gasteiger partial charge in [-0.1, -0.05) is 0 Å². The summed E-state index contributed by atoms with van der Waals surface area (Å²) in [5.41, 5.74) is 5.19. The first-order valence-electron chi connectivity index (χ1n) is 4.74. The van der Waals surface area contributed by atoms with Gasteiger partial charge in [0.2, 0.25) is 5.91 Å². The monoisotopic (exact) mass is 199 g/mol. The van der Waals surface area contributed by atoms with Gasteiger partial charge in [0.05, 0.1) is 12.6 Å². The summed E-state index contributed by atoms with van der Waals surface area (Å²) >= 11 is 0. The maximum Gasteiger partial charge on any atom is 0.233 e. The van der Waals surface area contributed by atoms with Crippen LogP contribution in [0.15, 0.2) is 0 Å². The van der Waals surface area contributed by atoms with E-state index in [4.69, 9.17) is 5.73 Å². The Morgan fingerprint density at radius 2 is 2.21 bits per heavy atom. The van der Waals surface area contributed by atoms with Crippen LogP contribution in [0.4, 0.5) is 0 Å². The molecule has 0 aromatic rings. The largest absolute Gasteiger partial charge is 0.351 e. The fraction of sp³-hybridized carbons (Fsp3) is 0.778. The van der Waals surface area contributed by atoms with Gasteiger partial charge in [0.25, 0.3) is 0 Å². The lowest BCUT2D eigenvalue weighted by atomic mass is 10.1. The third-order valence-corrected chi connectivity index (χ3v) is 2.57. The van der Waals surface area contributed by atoms with Crippen LogP contribution < -0.4 is 11.1 Å². The summed E-state index contributed by atoms with van der Waals surface area (Å²) < 4.78 is 0. The lowest BCUT2D eigenvalue weighted by Crippen LogP contribution is -2.39. The number of likely N-dealkylation sites (tertiary alicyclic amines) is 1. The van der Waals surface area contributed by atoms with E-state index in [1.807, 2.05) is 11.9 Å². The van der Waals surface area contributed by atoms with Crippen LogP contribution in [0.3, 0.4) is 0 Å². The van der Waals surface area contributed by atoms with Gasteiger partial charge in [-0.15, -0.1) is 0 Å². The number of nitrogens with two attached hydrogens (primary N) is 1. The lowest BCUT2D eigenvalue weighted by molar-refractivity contribution is -0.121. The molecule has 1 amide bonds.